The van der Waals surface area contributed by atoms with Gasteiger partial charge in [-0.25, -0.2) is 0 Å². The van der Waals surface area contributed by atoms with E-state index in [4.69, 9.17) is 4.74 Å². The summed E-state index contributed by atoms with van der Waals surface area (Å²) in [6.45, 7) is 4.17. The highest BCUT2D eigenvalue weighted by Gasteiger charge is 2.17. The van der Waals surface area contributed by atoms with Crippen LogP contribution in [0, 0.1) is 6.92 Å². The summed E-state index contributed by atoms with van der Waals surface area (Å²) in [6.07, 6.45) is 4.29. The number of benzene rings is 1. The van der Waals surface area contributed by atoms with Crippen LogP contribution in [-0.2, 0) is 0 Å². The lowest BCUT2D eigenvalue weighted by Gasteiger charge is -2.25. The van der Waals surface area contributed by atoms with Crippen LogP contribution in [0.15, 0.2) is 30.5 Å². The number of piperidine rings is 1. The minimum Gasteiger partial charge on any atom is -0.488 e. The van der Waals surface area contributed by atoms with Gasteiger partial charge in [0.1, 0.15) is 17.4 Å². The molecule has 0 saturated carbocycles. The molecular formula is C15H18N2O. The number of aryl methyl sites for hydroxylation is 1. The number of fused-ring (bicyclic) bond motifs is 1. The predicted molar refractivity (Wildman–Crippen MR) is 73.0 cm³/mol. The normalized spacial score (nSPS) is 16.9. The van der Waals surface area contributed by atoms with Gasteiger partial charge in [0.2, 0.25) is 0 Å². The molecule has 1 aliphatic rings. The summed E-state index contributed by atoms with van der Waals surface area (Å²) >= 11 is 0. The summed E-state index contributed by atoms with van der Waals surface area (Å²) in [6, 6.07) is 8.26. The smallest absolute Gasteiger partial charge is 0.148 e. The van der Waals surface area contributed by atoms with E-state index in [-0.39, 0.29) is 0 Å². The van der Waals surface area contributed by atoms with Gasteiger partial charge in [-0.1, -0.05) is 18.2 Å². The lowest BCUT2D eigenvalue weighted by Crippen LogP contribution is -2.34. The monoisotopic (exact) mass is 242 g/mol. The molecule has 1 aromatic carbocycles. The van der Waals surface area contributed by atoms with E-state index in [2.05, 4.69) is 35.4 Å². The lowest BCUT2D eigenvalue weighted by molar-refractivity contribution is 0.163. The molecule has 94 valence electrons. The molecular weight excluding hydrogens is 224 g/mol. The molecule has 0 aliphatic carbocycles. The maximum absolute atomic E-state index is 6.20. The number of rotatable bonds is 2. The van der Waals surface area contributed by atoms with Gasteiger partial charge in [-0.3, -0.25) is 4.98 Å². The molecule has 3 nitrogen and oxygen atoms in total. The summed E-state index contributed by atoms with van der Waals surface area (Å²) in [7, 11) is 0. The van der Waals surface area contributed by atoms with Gasteiger partial charge in [-0.15, -0.1) is 0 Å². The quantitative estimate of drug-likeness (QED) is 0.879. The lowest BCUT2D eigenvalue weighted by atomic mass is 10.1. The third kappa shape index (κ3) is 2.18. The van der Waals surface area contributed by atoms with Crippen molar-refractivity contribution in [2.45, 2.75) is 25.9 Å². The van der Waals surface area contributed by atoms with E-state index in [1.807, 2.05) is 12.3 Å². The number of nitrogens with one attached hydrogen (secondary N) is 1. The SMILES string of the molecule is Cc1ccc2cccnc2c1OC1CCNCC1. The fourth-order valence-electron chi connectivity index (χ4n) is 2.45. The Morgan fingerprint density at radius 1 is 1.22 bits per heavy atom. The Balaban J connectivity index is 1.96. The van der Waals surface area contributed by atoms with Crippen LogP contribution in [0.4, 0.5) is 0 Å². The second kappa shape index (κ2) is 4.94. The van der Waals surface area contributed by atoms with Gasteiger partial charge in [-0.2, -0.15) is 0 Å². The summed E-state index contributed by atoms with van der Waals surface area (Å²) in [4.78, 5) is 4.47. The maximum atomic E-state index is 6.20. The Bertz CT molecular complexity index is 547. The van der Waals surface area contributed by atoms with E-state index in [0.29, 0.717) is 6.10 Å². The second-order valence-corrected chi connectivity index (χ2v) is 4.85. The Labute approximate surface area is 107 Å². The molecule has 3 heteroatoms. The van der Waals surface area contributed by atoms with E-state index < -0.39 is 0 Å². The molecule has 0 bridgehead atoms. The van der Waals surface area contributed by atoms with Crippen molar-refractivity contribution >= 4 is 10.9 Å². The molecule has 0 radical (unpaired) electrons. The van der Waals surface area contributed by atoms with Crippen LogP contribution in [0.5, 0.6) is 5.75 Å². The first-order valence-corrected chi connectivity index (χ1v) is 6.56. The third-order valence-electron chi connectivity index (χ3n) is 3.50. The highest BCUT2D eigenvalue weighted by molar-refractivity contribution is 5.85. The second-order valence-electron chi connectivity index (χ2n) is 4.85. The van der Waals surface area contributed by atoms with Crippen molar-refractivity contribution in [3.8, 4) is 5.75 Å². The third-order valence-corrected chi connectivity index (χ3v) is 3.50. The Kier molecular flexibility index (Phi) is 3.15. The molecule has 1 N–H and O–H groups in total. The molecule has 2 heterocycles. The number of hydrogen-bond donors (Lipinski definition) is 1. The molecule has 2 aromatic rings. The van der Waals surface area contributed by atoms with Crippen LogP contribution in [0.2, 0.25) is 0 Å². The summed E-state index contributed by atoms with van der Waals surface area (Å²) < 4.78 is 6.20. The molecule has 1 fully saturated rings. The number of nitrogens with zero attached hydrogens (tertiary/aromatic N) is 1. The fourth-order valence-corrected chi connectivity index (χ4v) is 2.45. The largest absolute Gasteiger partial charge is 0.488 e. The van der Waals surface area contributed by atoms with Crippen LogP contribution < -0.4 is 10.1 Å². The first-order valence-electron chi connectivity index (χ1n) is 6.56. The number of aromatic nitrogens is 1. The summed E-state index contributed by atoms with van der Waals surface area (Å²) in [5.74, 6) is 0.958. The zero-order valence-corrected chi connectivity index (χ0v) is 10.6. The molecule has 0 amide bonds. The molecule has 18 heavy (non-hydrogen) atoms. The van der Waals surface area contributed by atoms with Crippen molar-refractivity contribution in [2.75, 3.05) is 13.1 Å². The van der Waals surface area contributed by atoms with Gasteiger partial charge in [0.25, 0.3) is 0 Å². The Morgan fingerprint density at radius 3 is 2.89 bits per heavy atom. The highest BCUT2D eigenvalue weighted by Crippen LogP contribution is 2.29. The number of pyridine rings is 1. The first kappa shape index (κ1) is 11.5. The van der Waals surface area contributed by atoms with Gasteiger partial charge in [0.15, 0.2) is 0 Å². The van der Waals surface area contributed by atoms with E-state index in [0.717, 1.165) is 42.6 Å². The van der Waals surface area contributed by atoms with Gasteiger partial charge in [0, 0.05) is 11.6 Å². The van der Waals surface area contributed by atoms with E-state index >= 15 is 0 Å². The van der Waals surface area contributed by atoms with Crippen LogP contribution in [0.1, 0.15) is 18.4 Å². The van der Waals surface area contributed by atoms with E-state index in [1.54, 1.807) is 0 Å². The van der Waals surface area contributed by atoms with Crippen molar-refractivity contribution in [3.63, 3.8) is 0 Å². The van der Waals surface area contributed by atoms with Crippen molar-refractivity contribution in [1.82, 2.24) is 10.3 Å². The van der Waals surface area contributed by atoms with Crippen molar-refractivity contribution < 1.29 is 4.74 Å². The van der Waals surface area contributed by atoms with Crippen molar-refractivity contribution in [2.24, 2.45) is 0 Å². The summed E-state index contributed by atoms with van der Waals surface area (Å²) in [5, 5.41) is 4.50. The Hall–Kier alpha value is -1.61. The minimum absolute atomic E-state index is 0.317. The molecule has 1 aliphatic heterocycles. The average Bonchev–Trinajstić information content (AvgIpc) is 2.43. The zero-order chi connectivity index (χ0) is 12.4. The Morgan fingerprint density at radius 2 is 2.06 bits per heavy atom. The van der Waals surface area contributed by atoms with Crippen molar-refractivity contribution in [1.29, 1.82) is 0 Å². The molecule has 3 rings (SSSR count). The van der Waals surface area contributed by atoms with Crippen LogP contribution in [0.25, 0.3) is 10.9 Å². The van der Waals surface area contributed by atoms with Crippen LogP contribution in [0.3, 0.4) is 0 Å². The molecule has 1 aromatic heterocycles. The molecule has 1 saturated heterocycles. The summed E-state index contributed by atoms with van der Waals surface area (Å²) in [5.41, 5.74) is 2.15. The van der Waals surface area contributed by atoms with Gasteiger partial charge >= 0.3 is 0 Å². The number of hydrogen-bond acceptors (Lipinski definition) is 3. The van der Waals surface area contributed by atoms with E-state index in [9.17, 15) is 0 Å². The maximum Gasteiger partial charge on any atom is 0.148 e. The standard InChI is InChI=1S/C15H18N2O/c1-11-4-5-12-3-2-8-17-14(12)15(11)18-13-6-9-16-10-7-13/h2-5,8,13,16H,6-7,9-10H2,1H3. The van der Waals surface area contributed by atoms with E-state index in [1.165, 1.54) is 5.56 Å². The van der Waals surface area contributed by atoms with Crippen LogP contribution in [-0.4, -0.2) is 24.2 Å². The predicted octanol–water partition coefficient (Wildman–Crippen LogP) is 2.67. The fraction of sp³-hybridized carbons (Fsp3) is 0.400. The average molecular weight is 242 g/mol. The number of ether oxygens (including phenoxy) is 1. The zero-order valence-electron chi connectivity index (χ0n) is 10.6. The minimum atomic E-state index is 0.317. The molecule has 0 spiro atoms. The highest BCUT2D eigenvalue weighted by atomic mass is 16.5. The van der Waals surface area contributed by atoms with Gasteiger partial charge < -0.3 is 10.1 Å². The van der Waals surface area contributed by atoms with Gasteiger partial charge in [-0.05, 0) is 44.5 Å². The van der Waals surface area contributed by atoms with Crippen molar-refractivity contribution in [3.05, 3.63) is 36.0 Å². The first-order chi connectivity index (χ1) is 8.84. The molecule has 0 atom stereocenters. The van der Waals surface area contributed by atoms with Crippen LogP contribution >= 0.6 is 0 Å². The molecule has 0 unspecified atom stereocenters. The van der Waals surface area contributed by atoms with Gasteiger partial charge in [0.05, 0.1) is 0 Å². The topological polar surface area (TPSA) is 34.1 Å².